The van der Waals surface area contributed by atoms with Gasteiger partial charge in [0.25, 0.3) is 5.91 Å². The van der Waals surface area contributed by atoms with Crippen molar-refractivity contribution in [2.75, 3.05) is 19.7 Å². The van der Waals surface area contributed by atoms with Gasteiger partial charge in [0.2, 0.25) is 0 Å². The molecule has 0 spiro atoms. The van der Waals surface area contributed by atoms with Crippen molar-refractivity contribution < 1.29 is 9.53 Å². The van der Waals surface area contributed by atoms with E-state index in [2.05, 4.69) is 30.5 Å². The zero-order valence-corrected chi connectivity index (χ0v) is 14.2. The Morgan fingerprint density at radius 1 is 1.45 bits per heavy atom. The number of hydrogen-bond acceptors (Lipinski definition) is 3. The van der Waals surface area contributed by atoms with E-state index in [0.717, 1.165) is 25.1 Å². The van der Waals surface area contributed by atoms with Crippen molar-refractivity contribution in [2.45, 2.75) is 45.1 Å². The number of hydrogen-bond donors (Lipinski definition) is 2. The second-order valence-electron chi connectivity index (χ2n) is 5.73. The summed E-state index contributed by atoms with van der Waals surface area (Å²) < 4.78 is 5.70. The van der Waals surface area contributed by atoms with E-state index in [1.807, 2.05) is 18.2 Å². The van der Waals surface area contributed by atoms with Crippen LogP contribution in [0.1, 0.15) is 44.6 Å². The molecule has 2 N–H and O–H groups in total. The van der Waals surface area contributed by atoms with Crippen LogP contribution >= 0.6 is 12.4 Å². The molecule has 2 atom stereocenters. The van der Waals surface area contributed by atoms with E-state index in [0.29, 0.717) is 18.5 Å². The molecule has 1 aliphatic heterocycles. The number of carbonyl (C=O) groups is 1. The first-order valence-corrected chi connectivity index (χ1v) is 7.92. The molecule has 1 saturated heterocycles. The summed E-state index contributed by atoms with van der Waals surface area (Å²) in [6, 6.07) is 8.39. The summed E-state index contributed by atoms with van der Waals surface area (Å²) in [5.41, 5.74) is 1.17. The quantitative estimate of drug-likeness (QED) is 0.810. The lowest BCUT2D eigenvalue weighted by atomic mass is 9.98. The Morgan fingerprint density at radius 2 is 2.23 bits per heavy atom. The Bertz CT molecular complexity index is 462. The number of amides is 1. The van der Waals surface area contributed by atoms with Crippen LogP contribution < -0.4 is 15.4 Å². The van der Waals surface area contributed by atoms with Gasteiger partial charge in [-0.05, 0) is 43.4 Å². The molecule has 0 bridgehead atoms. The molecule has 5 heteroatoms. The Kier molecular flexibility index (Phi) is 8.28. The Balaban J connectivity index is 0.00000242. The van der Waals surface area contributed by atoms with Crippen molar-refractivity contribution in [1.29, 1.82) is 0 Å². The van der Waals surface area contributed by atoms with Crippen molar-refractivity contribution in [2.24, 2.45) is 0 Å². The number of benzene rings is 1. The molecule has 4 nitrogen and oxygen atoms in total. The molecule has 0 aromatic heterocycles. The van der Waals surface area contributed by atoms with E-state index in [4.69, 9.17) is 4.74 Å². The number of carbonyl (C=O) groups excluding carboxylic acids is 1. The molecule has 0 aliphatic carbocycles. The van der Waals surface area contributed by atoms with E-state index in [1.54, 1.807) is 0 Å². The van der Waals surface area contributed by atoms with Crippen LogP contribution in [0, 0.1) is 0 Å². The molecular weight excluding hydrogens is 300 g/mol. The highest BCUT2D eigenvalue weighted by Crippen LogP contribution is 2.28. The highest BCUT2D eigenvalue weighted by atomic mass is 35.5. The van der Waals surface area contributed by atoms with Crippen LogP contribution in [0.3, 0.4) is 0 Å². The maximum atomic E-state index is 11.9. The summed E-state index contributed by atoms with van der Waals surface area (Å²) in [6.45, 7) is 6.16. The second kappa shape index (κ2) is 9.70. The number of rotatable bonds is 7. The molecule has 1 aromatic carbocycles. The fraction of sp³-hybridized carbons (Fsp3) is 0.588. The molecule has 2 unspecified atom stereocenters. The number of ether oxygens (including phenoxy) is 1. The third kappa shape index (κ3) is 5.50. The molecule has 22 heavy (non-hydrogen) atoms. The first-order chi connectivity index (χ1) is 10.2. The lowest BCUT2D eigenvalue weighted by Crippen LogP contribution is -2.39. The summed E-state index contributed by atoms with van der Waals surface area (Å²) in [6.07, 6.45) is 3.39. The molecule has 1 aromatic rings. The third-order valence-corrected chi connectivity index (χ3v) is 4.13. The van der Waals surface area contributed by atoms with Gasteiger partial charge in [-0.25, -0.2) is 0 Å². The first kappa shape index (κ1) is 18.8. The zero-order chi connectivity index (χ0) is 15.1. The van der Waals surface area contributed by atoms with Crippen molar-refractivity contribution >= 4 is 18.3 Å². The van der Waals surface area contributed by atoms with Crippen molar-refractivity contribution in [3.05, 3.63) is 29.8 Å². The minimum atomic E-state index is -0.0531. The zero-order valence-electron chi connectivity index (χ0n) is 13.4. The molecule has 124 valence electrons. The van der Waals surface area contributed by atoms with Crippen LogP contribution in [0.4, 0.5) is 0 Å². The minimum Gasteiger partial charge on any atom is -0.483 e. The lowest BCUT2D eigenvalue weighted by molar-refractivity contribution is -0.123. The average molecular weight is 327 g/mol. The summed E-state index contributed by atoms with van der Waals surface area (Å²) in [4.78, 5) is 11.9. The SMILES string of the molecule is CCC(C)c1ccccc1OCC(=O)NCC1CCCN1.Cl. The largest absolute Gasteiger partial charge is 0.483 e. The predicted octanol–water partition coefficient (Wildman–Crippen LogP) is 2.87. The number of halogens is 1. The number of para-hydroxylation sites is 1. The summed E-state index contributed by atoms with van der Waals surface area (Å²) >= 11 is 0. The third-order valence-electron chi connectivity index (χ3n) is 4.13. The molecule has 0 radical (unpaired) electrons. The normalized spacial score (nSPS) is 18.4. The van der Waals surface area contributed by atoms with Crippen LogP contribution in [0.5, 0.6) is 5.75 Å². The summed E-state index contributed by atoms with van der Waals surface area (Å²) in [5, 5.41) is 6.29. The Labute approximate surface area is 139 Å². The van der Waals surface area contributed by atoms with E-state index in [-0.39, 0.29) is 24.9 Å². The molecule has 1 heterocycles. The summed E-state index contributed by atoms with van der Waals surface area (Å²) in [5.74, 6) is 1.20. The van der Waals surface area contributed by atoms with Gasteiger partial charge in [-0.2, -0.15) is 0 Å². The van der Waals surface area contributed by atoms with Gasteiger partial charge in [-0.15, -0.1) is 12.4 Å². The first-order valence-electron chi connectivity index (χ1n) is 7.92. The van der Waals surface area contributed by atoms with Crippen molar-refractivity contribution in [3.63, 3.8) is 0 Å². The summed E-state index contributed by atoms with van der Waals surface area (Å²) in [7, 11) is 0. The maximum Gasteiger partial charge on any atom is 0.257 e. The predicted molar refractivity (Wildman–Crippen MR) is 91.9 cm³/mol. The van der Waals surface area contributed by atoms with E-state index in [1.165, 1.54) is 12.0 Å². The fourth-order valence-electron chi connectivity index (χ4n) is 2.60. The van der Waals surface area contributed by atoms with E-state index >= 15 is 0 Å². The van der Waals surface area contributed by atoms with Crippen LogP contribution in [0.25, 0.3) is 0 Å². The monoisotopic (exact) mass is 326 g/mol. The minimum absolute atomic E-state index is 0. The molecule has 0 saturated carbocycles. The number of nitrogens with one attached hydrogen (secondary N) is 2. The van der Waals surface area contributed by atoms with Gasteiger partial charge in [0.1, 0.15) is 5.75 Å². The average Bonchev–Trinajstić information content (AvgIpc) is 3.04. The Morgan fingerprint density at radius 3 is 2.91 bits per heavy atom. The van der Waals surface area contributed by atoms with Crippen LogP contribution in [0.2, 0.25) is 0 Å². The van der Waals surface area contributed by atoms with E-state index < -0.39 is 0 Å². The standard InChI is InChI=1S/C17H26N2O2.ClH/c1-3-13(2)15-8-4-5-9-16(15)21-12-17(20)19-11-14-7-6-10-18-14;/h4-5,8-9,13-14,18H,3,6-7,10-12H2,1-2H3,(H,19,20);1H. The molecular formula is C17H27ClN2O2. The van der Waals surface area contributed by atoms with Gasteiger partial charge in [0.15, 0.2) is 6.61 Å². The van der Waals surface area contributed by atoms with Gasteiger partial charge in [-0.1, -0.05) is 32.0 Å². The second-order valence-corrected chi connectivity index (χ2v) is 5.73. The highest BCUT2D eigenvalue weighted by molar-refractivity contribution is 5.85. The van der Waals surface area contributed by atoms with Crippen LogP contribution in [-0.4, -0.2) is 31.6 Å². The maximum absolute atomic E-state index is 11.9. The van der Waals surface area contributed by atoms with Crippen LogP contribution in [0.15, 0.2) is 24.3 Å². The van der Waals surface area contributed by atoms with Crippen molar-refractivity contribution in [3.8, 4) is 5.75 Å². The van der Waals surface area contributed by atoms with Crippen LogP contribution in [-0.2, 0) is 4.79 Å². The fourth-order valence-corrected chi connectivity index (χ4v) is 2.60. The molecule has 1 fully saturated rings. The van der Waals surface area contributed by atoms with Gasteiger partial charge in [-0.3, -0.25) is 4.79 Å². The van der Waals surface area contributed by atoms with Crippen molar-refractivity contribution in [1.82, 2.24) is 10.6 Å². The Hall–Kier alpha value is -1.26. The van der Waals surface area contributed by atoms with Gasteiger partial charge in [0.05, 0.1) is 0 Å². The van der Waals surface area contributed by atoms with Gasteiger partial charge in [0, 0.05) is 12.6 Å². The highest BCUT2D eigenvalue weighted by Gasteiger charge is 2.15. The van der Waals surface area contributed by atoms with Gasteiger partial charge >= 0.3 is 0 Å². The molecule has 2 rings (SSSR count). The smallest absolute Gasteiger partial charge is 0.257 e. The van der Waals surface area contributed by atoms with E-state index in [9.17, 15) is 4.79 Å². The topological polar surface area (TPSA) is 50.4 Å². The lowest BCUT2D eigenvalue weighted by Gasteiger charge is -2.16. The molecule has 1 aliphatic rings. The molecule has 1 amide bonds. The van der Waals surface area contributed by atoms with Gasteiger partial charge < -0.3 is 15.4 Å².